The lowest BCUT2D eigenvalue weighted by Gasteiger charge is -2.10. The Kier molecular flexibility index (Phi) is 4.59. The standard InChI is InChI=1S/C15H15NO4S/c1-9-3-4-11(10(2)7-9)16-13(17)8-20-12-5-6-21-14(12)15(18)19/h3-7H,8H2,1-2H3,(H,16,17)(H,18,19). The Morgan fingerprint density at radius 1 is 1.29 bits per heavy atom. The van der Waals surface area contributed by atoms with Crippen LogP contribution >= 0.6 is 11.3 Å². The van der Waals surface area contributed by atoms with Crippen LogP contribution in [0.4, 0.5) is 5.69 Å². The molecule has 21 heavy (non-hydrogen) atoms. The highest BCUT2D eigenvalue weighted by Gasteiger charge is 2.14. The maximum Gasteiger partial charge on any atom is 0.349 e. The second-order valence-corrected chi connectivity index (χ2v) is 5.49. The second kappa shape index (κ2) is 6.41. The van der Waals surface area contributed by atoms with Crippen LogP contribution in [0.2, 0.25) is 0 Å². The van der Waals surface area contributed by atoms with Crippen molar-refractivity contribution >= 4 is 28.9 Å². The molecule has 0 aliphatic rings. The molecule has 1 aromatic carbocycles. The number of thiophene rings is 1. The summed E-state index contributed by atoms with van der Waals surface area (Å²) >= 11 is 1.06. The highest BCUT2D eigenvalue weighted by molar-refractivity contribution is 7.12. The van der Waals surface area contributed by atoms with Crippen molar-refractivity contribution in [2.75, 3.05) is 11.9 Å². The molecular formula is C15H15NO4S. The molecular weight excluding hydrogens is 290 g/mol. The lowest BCUT2D eigenvalue weighted by molar-refractivity contribution is -0.118. The monoisotopic (exact) mass is 305 g/mol. The van der Waals surface area contributed by atoms with Gasteiger partial charge < -0.3 is 15.2 Å². The van der Waals surface area contributed by atoms with Gasteiger partial charge in [-0.15, -0.1) is 11.3 Å². The van der Waals surface area contributed by atoms with Gasteiger partial charge in [-0.25, -0.2) is 4.79 Å². The van der Waals surface area contributed by atoms with Crippen LogP contribution in [0.25, 0.3) is 0 Å². The van der Waals surface area contributed by atoms with Gasteiger partial charge in [0.1, 0.15) is 5.75 Å². The van der Waals surface area contributed by atoms with Crippen LogP contribution in [0.1, 0.15) is 20.8 Å². The third-order valence-electron chi connectivity index (χ3n) is 2.84. The molecule has 0 aliphatic carbocycles. The molecule has 6 heteroatoms. The fourth-order valence-corrected chi connectivity index (χ4v) is 2.52. The fourth-order valence-electron chi connectivity index (χ4n) is 1.85. The van der Waals surface area contributed by atoms with Gasteiger partial charge in [0.15, 0.2) is 11.5 Å². The maximum absolute atomic E-state index is 11.8. The molecule has 0 saturated heterocycles. The predicted octanol–water partition coefficient (Wildman–Crippen LogP) is 3.08. The van der Waals surface area contributed by atoms with Crippen molar-refractivity contribution in [2.24, 2.45) is 0 Å². The average molecular weight is 305 g/mol. The van der Waals surface area contributed by atoms with Crippen molar-refractivity contribution in [1.82, 2.24) is 0 Å². The van der Waals surface area contributed by atoms with Gasteiger partial charge >= 0.3 is 5.97 Å². The summed E-state index contributed by atoms with van der Waals surface area (Å²) in [5.41, 5.74) is 2.80. The summed E-state index contributed by atoms with van der Waals surface area (Å²) in [5.74, 6) is -1.18. The molecule has 1 amide bonds. The molecule has 0 bridgehead atoms. The van der Waals surface area contributed by atoms with E-state index in [1.54, 1.807) is 11.4 Å². The average Bonchev–Trinajstić information content (AvgIpc) is 2.88. The zero-order valence-electron chi connectivity index (χ0n) is 11.7. The minimum atomic E-state index is -1.06. The highest BCUT2D eigenvalue weighted by Crippen LogP contribution is 2.24. The van der Waals surface area contributed by atoms with E-state index in [9.17, 15) is 9.59 Å². The number of nitrogens with one attached hydrogen (secondary N) is 1. The van der Waals surface area contributed by atoms with Crippen molar-refractivity contribution in [3.8, 4) is 5.75 Å². The highest BCUT2D eigenvalue weighted by atomic mass is 32.1. The molecule has 110 valence electrons. The van der Waals surface area contributed by atoms with E-state index in [1.807, 2.05) is 32.0 Å². The first-order valence-electron chi connectivity index (χ1n) is 6.28. The molecule has 2 N–H and O–H groups in total. The minimum Gasteiger partial charge on any atom is -0.482 e. The van der Waals surface area contributed by atoms with Crippen molar-refractivity contribution < 1.29 is 19.4 Å². The van der Waals surface area contributed by atoms with Crippen LogP contribution in [0.5, 0.6) is 5.75 Å². The number of carboxylic acid groups (broad SMARTS) is 1. The number of ether oxygens (including phenoxy) is 1. The first kappa shape index (κ1) is 15.1. The van der Waals surface area contributed by atoms with Crippen molar-refractivity contribution in [1.29, 1.82) is 0 Å². The van der Waals surface area contributed by atoms with Gasteiger partial charge in [0.25, 0.3) is 5.91 Å². The quantitative estimate of drug-likeness (QED) is 0.890. The van der Waals surface area contributed by atoms with Gasteiger partial charge in [-0.05, 0) is 36.9 Å². The van der Waals surface area contributed by atoms with E-state index in [0.717, 1.165) is 28.2 Å². The Bertz CT molecular complexity index is 678. The minimum absolute atomic E-state index is 0.0920. The topological polar surface area (TPSA) is 75.6 Å². The number of amides is 1. The number of hydrogen-bond acceptors (Lipinski definition) is 4. The number of carbonyl (C=O) groups is 2. The molecule has 2 rings (SSSR count). The number of aromatic carboxylic acids is 1. The van der Waals surface area contributed by atoms with Crippen molar-refractivity contribution in [2.45, 2.75) is 13.8 Å². The molecule has 0 unspecified atom stereocenters. The first-order valence-corrected chi connectivity index (χ1v) is 7.16. The zero-order chi connectivity index (χ0) is 15.4. The molecule has 0 radical (unpaired) electrons. The Morgan fingerprint density at radius 2 is 2.05 bits per heavy atom. The Morgan fingerprint density at radius 3 is 2.71 bits per heavy atom. The van der Waals surface area contributed by atoms with Gasteiger partial charge in [0, 0.05) is 5.69 Å². The zero-order valence-corrected chi connectivity index (χ0v) is 12.5. The van der Waals surface area contributed by atoms with E-state index in [0.29, 0.717) is 0 Å². The SMILES string of the molecule is Cc1ccc(NC(=O)COc2ccsc2C(=O)O)c(C)c1. The van der Waals surface area contributed by atoms with Crippen LogP contribution in [-0.2, 0) is 4.79 Å². The van der Waals surface area contributed by atoms with Crippen LogP contribution < -0.4 is 10.1 Å². The fraction of sp³-hybridized carbons (Fsp3) is 0.200. The number of benzene rings is 1. The summed E-state index contributed by atoms with van der Waals surface area (Å²) in [4.78, 5) is 22.9. The molecule has 0 saturated carbocycles. The van der Waals surface area contributed by atoms with E-state index < -0.39 is 5.97 Å². The summed E-state index contributed by atoms with van der Waals surface area (Å²) in [7, 11) is 0. The third-order valence-corrected chi connectivity index (χ3v) is 3.72. The van der Waals surface area contributed by atoms with Crippen LogP contribution in [0.3, 0.4) is 0 Å². The summed E-state index contributed by atoms with van der Waals surface area (Å²) in [5, 5.41) is 13.3. The van der Waals surface area contributed by atoms with E-state index in [1.165, 1.54) is 0 Å². The number of hydrogen-bond donors (Lipinski definition) is 2. The van der Waals surface area contributed by atoms with Gasteiger partial charge in [0.2, 0.25) is 0 Å². The molecule has 0 spiro atoms. The second-order valence-electron chi connectivity index (χ2n) is 4.57. The Labute approximate surface area is 126 Å². The van der Waals surface area contributed by atoms with Crippen molar-refractivity contribution in [3.63, 3.8) is 0 Å². The number of aryl methyl sites for hydroxylation is 2. The summed E-state index contributed by atoms with van der Waals surface area (Å²) in [6.07, 6.45) is 0. The first-order chi connectivity index (χ1) is 9.97. The lowest BCUT2D eigenvalue weighted by Crippen LogP contribution is -2.21. The smallest absolute Gasteiger partial charge is 0.349 e. The van der Waals surface area contributed by atoms with Crippen LogP contribution in [0, 0.1) is 13.8 Å². The van der Waals surface area contributed by atoms with Gasteiger partial charge in [0.05, 0.1) is 0 Å². The number of rotatable bonds is 5. The molecule has 5 nitrogen and oxygen atoms in total. The van der Waals surface area contributed by atoms with E-state index in [-0.39, 0.29) is 23.1 Å². The van der Waals surface area contributed by atoms with E-state index >= 15 is 0 Å². The summed E-state index contributed by atoms with van der Waals surface area (Å²) < 4.78 is 5.25. The van der Waals surface area contributed by atoms with Gasteiger partial charge in [-0.3, -0.25) is 4.79 Å². The molecule has 1 heterocycles. The van der Waals surface area contributed by atoms with Gasteiger partial charge in [-0.1, -0.05) is 17.7 Å². The van der Waals surface area contributed by atoms with Crippen LogP contribution in [0.15, 0.2) is 29.6 Å². The van der Waals surface area contributed by atoms with Crippen LogP contribution in [-0.4, -0.2) is 23.6 Å². The lowest BCUT2D eigenvalue weighted by atomic mass is 10.1. The number of anilines is 1. The maximum atomic E-state index is 11.8. The largest absolute Gasteiger partial charge is 0.482 e. The third kappa shape index (κ3) is 3.82. The summed E-state index contributed by atoms with van der Waals surface area (Å²) in [6.45, 7) is 3.65. The molecule has 0 aliphatic heterocycles. The predicted molar refractivity (Wildman–Crippen MR) is 81.3 cm³/mol. The van der Waals surface area contributed by atoms with E-state index in [4.69, 9.17) is 9.84 Å². The number of carboxylic acids is 1. The molecule has 1 aromatic heterocycles. The van der Waals surface area contributed by atoms with E-state index in [2.05, 4.69) is 5.32 Å². The molecule has 2 aromatic rings. The summed E-state index contributed by atoms with van der Waals surface area (Å²) in [6, 6.07) is 7.25. The normalized spacial score (nSPS) is 10.2. The molecule has 0 atom stereocenters. The Balaban J connectivity index is 1.96. The van der Waals surface area contributed by atoms with Crippen molar-refractivity contribution in [3.05, 3.63) is 45.6 Å². The number of carbonyl (C=O) groups excluding carboxylic acids is 1. The Hall–Kier alpha value is -2.34. The molecule has 0 fully saturated rings. The van der Waals surface area contributed by atoms with Gasteiger partial charge in [-0.2, -0.15) is 0 Å².